The summed E-state index contributed by atoms with van der Waals surface area (Å²) in [6.45, 7) is 0.161. The number of aliphatic hydroxyl groups is 1. The zero-order chi connectivity index (χ0) is 7.56. The topological polar surface area (TPSA) is 20.2 Å². The van der Waals surface area contributed by atoms with Crippen LogP contribution in [0.3, 0.4) is 0 Å². The summed E-state index contributed by atoms with van der Waals surface area (Å²) in [5, 5.41) is 10.2. The van der Waals surface area contributed by atoms with Crippen molar-refractivity contribution in [2.24, 2.45) is 0 Å². The van der Waals surface area contributed by atoms with Gasteiger partial charge >= 0.3 is 0 Å². The van der Waals surface area contributed by atoms with Gasteiger partial charge in [-0.15, -0.1) is 0 Å². The highest BCUT2D eigenvalue weighted by Crippen LogP contribution is 2.08. The fourth-order valence-electron chi connectivity index (χ4n) is 0.825. The van der Waals surface area contributed by atoms with Gasteiger partial charge in [0.25, 0.3) is 0 Å². The summed E-state index contributed by atoms with van der Waals surface area (Å²) in [7, 11) is 1.06. The highest BCUT2D eigenvalue weighted by molar-refractivity contribution is 14.1. The van der Waals surface area contributed by atoms with E-state index in [0.29, 0.717) is 0 Å². The molecule has 0 spiro atoms. The maximum atomic E-state index is 8.85. The van der Waals surface area contributed by atoms with Crippen LogP contribution in [0.4, 0.5) is 0 Å². The van der Waals surface area contributed by atoms with E-state index in [1.54, 1.807) is 0 Å². The first-order valence-corrected chi connectivity index (χ1v) is 5.18. The van der Waals surface area contributed by atoms with Crippen molar-refractivity contribution in [2.45, 2.75) is 6.61 Å². The van der Waals surface area contributed by atoms with Crippen molar-refractivity contribution in [1.82, 2.24) is 0 Å². The molecule has 1 aromatic rings. The van der Waals surface area contributed by atoms with Gasteiger partial charge in [-0.25, -0.2) is 0 Å². The van der Waals surface area contributed by atoms with E-state index in [1.165, 1.54) is 5.19 Å². The molecule has 0 fully saturated rings. The molecule has 0 unspecified atom stereocenters. The van der Waals surface area contributed by atoms with Crippen LogP contribution in [0.15, 0.2) is 18.2 Å². The number of rotatable bonds is 1. The van der Waals surface area contributed by atoms with Crippen molar-refractivity contribution < 1.29 is 5.11 Å². The average molecular weight is 264 g/mol. The third kappa shape index (κ3) is 1.80. The Hall–Kier alpha value is 0.127. The minimum absolute atomic E-state index is 0.161. The predicted molar refractivity (Wildman–Crippen MR) is 54.7 cm³/mol. The smallest absolute Gasteiger partial charge is 0.0692 e. The van der Waals surface area contributed by atoms with E-state index in [-0.39, 0.29) is 6.61 Å². The van der Waals surface area contributed by atoms with Gasteiger partial charge in [-0.3, -0.25) is 0 Å². The van der Waals surface area contributed by atoms with Crippen molar-refractivity contribution in [3.8, 4) is 0 Å². The molecular formula is C7H9IOSi. The molecule has 0 radical (unpaired) electrons. The van der Waals surface area contributed by atoms with Crippen LogP contribution in [0.1, 0.15) is 5.56 Å². The Morgan fingerprint density at radius 1 is 1.50 bits per heavy atom. The highest BCUT2D eigenvalue weighted by atomic mass is 127. The van der Waals surface area contributed by atoms with Crippen LogP contribution in [0.25, 0.3) is 0 Å². The second kappa shape index (κ2) is 3.50. The summed E-state index contributed by atoms with van der Waals surface area (Å²) in [6.07, 6.45) is 0. The third-order valence-corrected chi connectivity index (χ3v) is 3.05. The fraction of sp³-hybridized carbons (Fsp3) is 0.143. The molecule has 0 atom stereocenters. The standard InChI is InChI=1S/C7H9IOSi/c8-7-2-1-6(10)3-5(7)4-9/h1-3,9H,4H2,10H3. The molecule has 0 amide bonds. The van der Waals surface area contributed by atoms with E-state index < -0.39 is 0 Å². The normalized spacial score (nSPS) is 10.2. The van der Waals surface area contributed by atoms with Crippen LogP contribution < -0.4 is 5.19 Å². The molecule has 10 heavy (non-hydrogen) atoms. The predicted octanol–water partition coefficient (Wildman–Crippen LogP) is -0.226. The van der Waals surface area contributed by atoms with E-state index in [4.69, 9.17) is 5.11 Å². The lowest BCUT2D eigenvalue weighted by atomic mass is 10.2. The molecule has 0 heterocycles. The van der Waals surface area contributed by atoms with E-state index >= 15 is 0 Å². The van der Waals surface area contributed by atoms with Crippen molar-refractivity contribution >= 4 is 38.0 Å². The van der Waals surface area contributed by atoms with E-state index in [1.807, 2.05) is 0 Å². The molecule has 1 nitrogen and oxygen atoms in total. The zero-order valence-corrected chi connectivity index (χ0v) is 9.92. The quantitative estimate of drug-likeness (QED) is 0.549. The Kier molecular flexibility index (Phi) is 2.88. The molecule has 0 aliphatic rings. The molecule has 0 aliphatic heterocycles. The van der Waals surface area contributed by atoms with Gasteiger partial charge < -0.3 is 5.11 Å². The fourth-order valence-corrected chi connectivity index (χ4v) is 1.85. The van der Waals surface area contributed by atoms with Gasteiger partial charge in [0.2, 0.25) is 0 Å². The van der Waals surface area contributed by atoms with Gasteiger partial charge in [0.1, 0.15) is 0 Å². The summed E-state index contributed by atoms with van der Waals surface area (Å²) >= 11 is 2.23. The molecule has 0 bridgehead atoms. The second-order valence-electron chi connectivity index (χ2n) is 2.25. The lowest BCUT2D eigenvalue weighted by Crippen LogP contribution is -2.04. The van der Waals surface area contributed by atoms with Gasteiger partial charge in [-0.05, 0) is 34.2 Å². The molecule has 0 saturated heterocycles. The van der Waals surface area contributed by atoms with E-state index in [9.17, 15) is 0 Å². The largest absolute Gasteiger partial charge is 0.392 e. The molecule has 0 aliphatic carbocycles. The van der Waals surface area contributed by atoms with Crippen molar-refractivity contribution in [1.29, 1.82) is 0 Å². The number of aliphatic hydroxyl groups excluding tert-OH is 1. The van der Waals surface area contributed by atoms with Crippen molar-refractivity contribution in [3.05, 3.63) is 27.3 Å². The van der Waals surface area contributed by atoms with Crippen LogP contribution in [-0.2, 0) is 6.61 Å². The van der Waals surface area contributed by atoms with E-state index in [0.717, 1.165) is 19.4 Å². The second-order valence-corrected chi connectivity index (χ2v) is 4.57. The SMILES string of the molecule is OCc1cc([SiH3])ccc1I. The summed E-state index contributed by atoms with van der Waals surface area (Å²) in [5.41, 5.74) is 1.05. The first kappa shape index (κ1) is 8.23. The summed E-state index contributed by atoms with van der Waals surface area (Å²) in [4.78, 5) is 0. The molecule has 0 saturated carbocycles. The summed E-state index contributed by atoms with van der Waals surface area (Å²) < 4.78 is 1.15. The number of hydrogen-bond donors (Lipinski definition) is 1. The maximum Gasteiger partial charge on any atom is 0.0692 e. The summed E-state index contributed by atoms with van der Waals surface area (Å²) in [5.74, 6) is 0. The maximum absolute atomic E-state index is 8.85. The van der Waals surface area contributed by atoms with Crippen LogP contribution in [0.2, 0.25) is 0 Å². The van der Waals surface area contributed by atoms with Crippen LogP contribution in [0.5, 0.6) is 0 Å². The van der Waals surface area contributed by atoms with Crippen LogP contribution >= 0.6 is 22.6 Å². The molecular weight excluding hydrogens is 255 g/mol. The Morgan fingerprint density at radius 3 is 2.70 bits per heavy atom. The molecule has 1 rings (SSSR count). The highest BCUT2D eigenvalue weighted by Gasteiger charge is 1.95. The van der Waals surface area contributed by atoms with Crippen LogP contribution in [-0.4, -0.2) is 15.3 Å². The van der Waals surface area contributed by atoms with Gasteiger partial charge in [-0.2, -0.15) is 0 Å². The average Bonchev–Trinajstić information content (AvgIpc) is 1.94. The molecule has 1 aromatic carbocycles. The zero-order valence-electron chi connectivity index (χ0n) is 5.76. The minimum atomic E-state index is 0.161. The minimum Gasteiger partial charge on any atom is -0.392 e. The lowest BCUT2D eigenvalue weighted by Gasteiger charge is -2.00. The summed E-state index contributed by atoms with van der Waals surface area (Å²) in [6, 6.07) is 6.22. The Labute approximate surface area is 77.0 Å². The van der Waals surface area contributed by atoms with Crippen molar-refractivity contribution in [2.75, 3.05) is 0 Å². The van der Waals surface area contributed by atoms with Crippen LogP contribution in [0, 0.1) is 3.57 Å². The first-order valence-electron chi connectivity index (χ1n) is 3.10. The Morgan fingerprint density at radius 2 is 2.20 bits per heavy atom. The molecule has 54 valence electrons. The number of hydrogen-bond acceptors (Lipinski definition) is 1. The van der Waals surface area contributed by atoms with Gasteiger partial charge in [0.05, 0.1) is 6.61 Å². The number of halogens is 1. The lowest BCUT2D eigenvalue weighted by molar-refractivity contribution is 0.281. The monoisotopic (exact) mass is 264 g/mol. The molecule has 1 N–H and O–H groups in total. The first-order chi connectivity index (χ1) is 4.74. The van der Waals surface area contributed by atoms with Gasteiger partial charge in [0.15, 0.2) is 0 Å². The van der Waals surface area contributed by atoms with Gasteiger partial charge in [-0.1, -0.05) is 17.3 Å². The Bertz CT molecular complexity index is 237. The Balaban J connectivity index is 3.09. The van der Waals surface area contributed by atoms with E-state index in [2.05, 4.69) is 40.8 Å². The third-order valence-electron chi connectivity index (χ3n) is 1.37. The van der Waals surface area contributed by atoms with Crippen molar-refractivity contribution in [3.63, 3.8) is 0 Å². The number of benzene rings is 1. The van der Waals surface area contributed by atoms with Gasteiger partial charge in [0, 0.05) is 13.8 Å². The molecule has 3 heteroatoms. The molecule has 0 aromatic heterocycles.